The highest BCUT2D eigenvalue weighted by Crippen LogP contribution is 2.26. The average Bonchev–Trinajstić information content (AvgIpc) is 2.73. The lowest BCUT2D eigenvalue weighted by molar-refractivity contribution is 0.0696. The molecule has 7 heteroatoms. The first kappa shape index (κ1) is 12.9. The van der Waals surface area contributed by atoms with Gasteiger partial charge in [-0.05, 0) is 13.0 Å². The Morgan fingerprint density at radius 1 is 1.40 bits per heavy atom. The fraction of sp³-hybridized carbons (Fsp3) is 0.462. The maximum absolute atomic E-state index is 11.5. The molecule has 0 saturated carbocycles. The van der Waals surface area contributed by atoms with E-state index in [1.807, 2.05) is 18.9 Å². The Balaban J connectivity index is 2.19. The second kappa shape index (κ2) is 4.75. The highest BCUT2D eigenvalue weighted by atomic mass is 16.5. The monoisotopic (exact) mass is 276 g/mol. The van der Waals surface area contributed by atoms with Crippen LogP contribution in [0.4, 0.5) is 5.82 Å². The Kier molecular flexibility index (Phi) is 3.06. The molecule has 1 aliphatic rings. The third kappa shape index (κ3) is 2.00. The fourth-order valence-corrected chi connectivity index (χ4v) is 2.51. The largest absolute Gasteiger partial charge is 0.478 e. The Hall–Kier alpha value is -2.15. The van der Waals surface area contributed by atoms with Crippen molar-refractivity contribution < 1.29 is 14.6 Å². The highest BCUT2D eigenvalue weighted by Gasteiger charge is 2.22. The van der Waals surface area contributed by atoms with Crippen molar-refractivity contribution in [2.75, 3.05) is 31.2 Å². The van der Waals surface area contributed by atoms with Gasteiger partial charge in [-0.15, -0.1) is 0 Å². The van der Waals surface area contributed by atoms with Gasteiger partial charge in [-0.3, -0.25) is 4.68 Å². The lowest BCUT2D eigenvalue weighted by atomic mass is 10.1. The summed E-state index contributed by atoms with van der Waals surface area (Å²) >= 11 is 0. The molecule has 0 atom stereocenters. The van der Waals surface area contributed by atoms with Crippen LogP contribution >= 0.6 is 0 Å². The van der Waals surface area contributed by atoms with Crippen LogP contribution in [-0.4, -0.2) is 52.1 Å². The lowest BCUT2D eigenvalue weighted by Crippen LogP contribution is -2.37. The first-order valence-electron chi connectivity index (χ1n) is 6.48. The van der Waals surface area contributed by atoms with E-state index in [2.05, 4.69) is 10.1 Å². The van der Waals surface area contributed by atoms with Crippen molar-refractivity contribution in [3.05, 3.63) is 17.3 Å². The molecular weight excluding hydrogens is 260 g/mol. The van der Waals surface area contributed by atoms with E-state index < -0.39 is 5.97 Å². The number of carboxylic acid groups (broad SMARTS) is 1. The second-order valence-electron chi connectivity index (χ2n) is 4.84. The van der Waals surface area contributed by atoms with E-state index in [-0.39, 0.29) is 5.56 Å². The quantitative estimate of drug-likeness (QED) is 0.874. The van der Waals surface area contributed by atoms with Crippen molar-refractivity contribution in [1.82, 2.24) is 14.8 Å². The van der Waals surface area contributed by atoms with E-state index in [0.717, 1.165) is 11.1 Å². The molecule has 0 bridgehead atoms. The number of carboxylic acids is 1. The zero-order valence-electron chi connectivity index (χ0n) is 11.5. The lowest BCUT2D eigenvalue weighted by Gasteiger charge is -2.28. The Labute approximate surface area is 115 Å². The average molecular weight is 276 g/mol. The minimum Gasteiger partial charge on any atom is -0.478 e. The van der Waals surface area contributed by atoms with Crippen molar-refractivity contribution >= 4 is 22.8 Å². The van der Waals surface area contributed by atoms with Gasteiger partial charge in [0.2, 0.25) is 0 Å². The van der Waals surface area contributed by atoms with Crippen molar-refractivity contribution in [3.63, 3.8) is 0 Å². The summed E-state index contributed by atoms with van der Waals surface area (Å²) in [5, 5.41) is 14.5. The van der Waals surface area contributed by atoms with E-state index in [0.29, 0.717) is 37.8 Å². The van der Waals surface area contributed by atoms with Crippen LogP contribution in [0.15, 0.2) is 6.07 Å². The molecule has 1 N–H and O–H groups in total. The summed E-state index contributed by atoms with van der Waals surface area (Å²) in [5.41, 5.74) is 1.70. The summed E-state index contributed by atoms with van der Waals surface area (Å²) in [6.45, 7) is 4.32. The van der Waals surface area contributed by atoms with Gasteiger partial charge >= 0.3 is 5.97 Å². The summed E-state index contributed by atoms with van der Waals surface area (Å²) < 4.78 is 6.98. The molecule has 20 heavy (non-hydrogen) atoms. The van der Waals surface area contributed by atoms with Crippen LogP contribution in [0.2, 0.25) is 0 Å². The predicted molar refractivity (Wildman–Crippen MR) is 73.2 cm³/mol. The summed E-state index contributed by atoms with van der Waals surface area (Å²) in [7, 11) is 1.81. The minimum absolute atomic E-state index is 0.218. The minimum atomic E-state index is -0.968. The normalized spacial score (nSPS) is 15.8. The van der Waals surface area contributed by atoms with E-state index in [1.165, 1.54) is 0 Å². The number of aryl methyl sites for hydroxylation is 2. The molecule has 0 aliphatic carbocycles. The number of ether oxygens (including phenoxy) is 1. The number of rotatable bonds is 2. The van der Waals surface area contributed by atoms with E-state index in [1.54, 1.807) is 10.7 Å². The number of anilines is 1. The number of hydrogen-bond donors (Lipinski definition) is 1. The van der Waals surface area contributed by atoms with E-state index in [9.17, 15) is 9.90 Å². The molecular formula is C13H16N4O3. The standard InChI is InChI=1S/C13H16N4O3/c1-8-9-7-10(13(18)19)12(14-11(9)16(2)15-8)17-3-5-20-6-4-17/h7H,3-6H2,1-2H3,(H,18,19). The van der Waals surface area contributed by atoms with Crippen molar-refractivity contribution in [2.24, 2.45) is 7.05 Å². The highest BCUT2D eigenvalue weighted by molar-refractivity contribution is 5.98. The first-order valence-corrected chi connectivity index (χ1v) is 6.48. The van der Waals surface area contributed by atoms with Crippen LogP contribution in [0.3, 0.4) is 0 Å². The van der Waals surface area contributed by atoms with Gasteiger partial charge in [0, 0.05) is 25.5 Å². The van der Waals surface area contributed by atoms with Gasteiger partial charge < -0.3 is 14.7 Å². The molecule has 7 nitrogen and oxygen atoms in total. The molecule has 0 aromatic carbocycles. The van der Waals surface area contributed by atoms with Gasteiger partial charge in [-0.25, -0.2) is 9.78 Å². The Morgan fingerprint density at radius 3 is 2.75 bits per heavy atom. The zero-order valence-corrected chi connectivity index (χ0v) is 11.5. The molecule has 106 valence electrons. The first-order chi connectivity index (χ1) is 9.58. The molecule has 0 spiro atoms. The molecule has 1 aliphatic heterocycles. The van der Waals surface area contributed by atoms with E-state index >= 15 is 0 Å². The summed E-state index contributed by atoms with van der Waals surface area (Å²) in [5.74, 6) is -0.472. The number of aromatic nitrogens is 3. The van der Waals surface area contributed by atoms with Gasteiger partial charge in [0.15, 0.2) is 5.65 Å². The van der Waals surface area contributed by atoms with Crippen LogP contribution < -0.4 is 4.90 Å². The maximum Gasteiger partial charge on any atom is 0.339 e. The van der Waals surface area contributed by atoms with E-state index in [4.69, 9.17) is 4.74 Å². The maximum atomic E-state index is 11.5. The summed E-state index contributed by atoms with van der Waals surface area (Å²) in [6.07, 6.45) is 0. The number of nitrogens with zero attached hydrogens (tertiary/aromatic N) is 4. The topological polar surface area (TPSA) is 80.5 Å². The summed E-state index contributed by atoms with van der Waals surface area (Å²) in [4.78, 5) is 18.0. The van der Waals surface area contributed by atoms with Crippen molar-refractivity contribution in [1.29, 1.82) is 0 Å². The van der Waals surface area contributed by atoms with Gasteiger partial charge in [-0.1, -0.05) is 0 Å². The predicted octanol–water partition coefficient (Wildman–Crippen LogP) is 0.812. The number of hydrogen-bond acceptors (Lipinski definition) is 5. The molecule has 3 rings (SSSR count). The van der Waals surface area contributed by atoms with Crippen LogP contribution in [0, 0.1) is 6.92 Å². The van der Waals surface area contributed by atoms with Crippen LogP contribution in [0.25, 0.3) is 11.0 Å². The van der Waals surface area contributed by atoms with Gasteiger partial charge in [0.1, 0.15) is 11.4 Å². The fourth-order valence-electron chi connectivity index (χ4n) is 2.51. The van der Waals surface area contributed by atoms with Gasteiger partial charge in [-0.2, -0.15) is 5.10 Å². The van der Waals surface area contributed by atoms with Crippen LogP contribution in [0.5, 0.6) is 0 Å². The van der Waals surface area contributed by atoms with Crippen LogP contribution in [0.1, 0.15) is 16.1 Å². The number of morpholine rings is 1. The van der Waals surface area contributed by atoms with Gasteiger partial charge in [0.25, 0.3) is 0 Å². The molecule has 1 fully saturated rings. The smallest absolute Gasteiger partial charge is 0.339 e. The Bertz CT molecular complexity index is 674. The zero-order chi connectivity index (χ0) is 14.3. The molecule has 0 radical (unpaired) electrons. The SMILES string of the molecule is Cc1nn(C)c2nc(N3CCOCC3)c(C(=O)O)cc12. The number of aromatic carboxylic acids is 1. The Morgan fingerprint density at radius 2 is 2.10 bits per heavy atom. The van der Waals surface area contributed by atoms with Crippen molar-refractivity contribution in [3.8, 4) is 0 Å². The molecule has 0 amide bonds. The molecule has 1 saturated heterocycles. The third-order valence-corrected chi connectivity index (χ3v) is 3.52. The molecule has 2 aromatic heterocycles. The van der Waals surface area contributed by atoms with Gasteiger partial charge in [0.05, 0.1) is 18.9 Å². The van der Waals surface area contributed by atoms with Crippen molar-refractivity contribution in [2.45, 2.75) is 6.92 Å². The second-order valence-corrected chi connectivity index (χ2v) is 4.84. The number of pyridine rings is 1. The third-order valence-electron chi connectivity index (χ3n) is 3.52. The number of carbonyl (C=O) groups is 1. The number of fused-ring (bicyclic) bond motifs is 1. The molecule has 0 unspecified atom stereocenters. The molecule has 2 aromatic rings. The molecule has 3 heterocycles. The summed E-state index contributed by atoms with van der Waals surface area (Å²) in [6, 6.07) is 1.66. The van der Waals surface area contributed by atoms with Crippen LogP contribution in [-0.2, 0) is 11.8 Å².